The predicted octanol–water partition coefficient (Wildman–Crippen LogP) is 1.09. The van der Waals surface area contributed by atoms with Crippen molar-refractivity contribution in [1.29, 1.82) is 0 Å². The molecule has 1 aromatic rings. The SMILES string of the molecule is CCCC(=O)c1ccc(C(=O)[O-])s1. The third kappa shape index (κ3) is 2.39. The van der Waals surface area contributed by atoms with Gasteiger partial charge in [-0.3, -0.25) is 4.79 Å². The number of thiophene rings is 1. The van der Waals surface area contributed by atoms with Crippen molar-refractivity contribution in [3.63, 3.8) is 0 Å². The first kappa shape index (κ1) is 9.92. The van der Waals surface area contributed by atoms with E-state index in [1.54, 1.807) is 0 Å². The van der Waals surface area contributed by atoms with Crippen LogP contribution in [0.2, 0.25) is 0 Å². The molecular weight excluding hydrogens is 188 g/mol. The molecule has 13 heavy (non-hydrogen) atoms. The maximum Gasteiger partial charge on any atom is 0.172 e. The van der Waals surface area contributed by atoms with Gasteiger partial charge in [0, 0.05) is 6.42 Å². The van der Waals surface area contributed by atoms with Gasteiger partial charge in [0.15, 0.2) is 5.78 Å². The fourth-order valence-electron chi connectivity index (χ4n) is 0.948. The van der Waals surface area contributed by atoms with Gasteiger partial charge in [0.2, 0.25) is 0 Å². The topological polar surface area (TPSA) is 57.2 Å². The Hall–Kier alpha value is -1.16. The second-order valence-electron chi connectivity index (χ2n) is 2.62. The Bertz CT molecular complexity index is 327. The number of hydrogen-bond acceptors (Lipinski definition) is 4. The molecule has 0 saturated heterocycles. The molecule has 0 bridgehead atoms. The molecular formula is C9H9O3S-. The zero-order chi connectivity index (χ0) is 9.84. The van der Waals surface area contributed by atoms with Crippen LogP contribution in [0.3, 0.4) is 0 Å². The number of carboxylic acids is 1. The average molecular weight is 197 g/mol. The zero-order valence-electron chi connectivity index (χ0n) is 7.20. The number of carbonyl (C=O) groups excluding carboxylic acids is 2. The van der Waals surface area contributed by atoms with Crippen molar-refractivity contribution in [1.82, 2.24) is 0 Å². The highest BCUT2D eigenvalue weighted by Gasteiger charge is 2.07. The molecule has 0 aromatic carbocycles. The van der Waals surface area contributed by atoms with Crippen molar-refractivity contribution in [2.75, 3.05) is 0 Å². The van der Waals surface area contributed by atoms with E-state index < -0.39 is 5.97 Å². The highest BCUT2D eigenvalue weighted by Crippen LogP contribution is 2.17. The molecule has 0 N–H and O–H groups in total. The lowest BCUT2D eigenvalue weighted by Crippen LogP contribution is -2.20. The number of carboxylic acid groups (broad SMARTS) is 1. The highest BCUT2D eigenvalue weighted by molar-refractivity contribution is 7.15. The Balaban J connectivity index is 2.79. The number of aromatic carboxylic acids is 1. The Morgan fingerprint density at radius 3 is 2.46 bits per heavy atom. The minimum atomic E-state index is -1.22. The predicted molar refractivity (Wildman–Crippen MR) is 47.9 cm³/mol. The molecule has 0 fully saturated rings. The van der Waals surface area contributed by atoms with Crippen LogP contribution in [0, 0.1) is 0 Å². The van der Waals surface area contributed by atoms with Gasteiger partial charge in [-0.05, 0) is 18.6 Å². The minimum absolute atomic E-state index is 0.000000000000000222. The number of ketones is 1. The molecule has 0 amide bonds. The lowest BCUT2D eigenvalue weighted by Gasteiger charge is -1.94. The quantitative estimate of drug-likeness (QED) is 0.679. The van der Waals surface area contributed by atoms with Crippen molar-refractivity contribution >= 4 is 23.1 Å². The van der Waals surface area contributed by atoms with Crippen LogP contribution in [-0.2, 0) is 0 Å². The minimum Gasteiger partial charge on any atom is -0.544 e. The summed E-state index contributed by atoms with van der Waals surface area (Å²) in [6.07, 6.45) is 1.24. The molecule has 0 aliphatic heterocycles. The molecule has 0 saturated carbocycles. The van der Waals surface area contributed by atoms with Crippen LogP contribution in [0.4, 0.5) is 0 Å². The largest absolute Gasteiger partial charge is 0.544 e. The summed E-state index contributed by atoms with van der Waals surface area (Å²) < 4.78 is 0. The van der Waals surface area contributed by atoms with E-state index in [0.717, 1.165) is 17.8 Å². The van der Waals surface area contributed by atoms with Crippen molar-refractivity contribution in [3.05, 3.63) is 21.9 Å². The molecule has 1 heterocycles. The molecule has 1 aromatic heterocycles. The molecule has 0 aliphatic rings. The van der Waals surface area contributed by atoms with E-state index in [-0.39, 0.29) is 10.7 Å². The van der Waals surface area contributed by atoms with Crippen LogP contribution >= 0.6 is 11.3 Å². The third-order valence-corrected chi connectivity index (χ3v) is 2.67. The van der Waals surface area contributed by atoms with Gasteiger partial charge in [0.1, 0.15) is 0 Å². The Labute approximate surface area is 80.0 Å². The van der Waals surface area contributed by atoms with Crippen molar-refractivity contribution in [3.8, 4) is 0 Å². The van der Waals surface area contributed by atoms with E-state index in [4.69, 9.17) is 0 Å². The zero-order valence-corrected chi connectivity index (χ0v) is 8.02. The number of Topliss-reactive ketones (excluding diaryl/α,β-unsaturated/α-hetero) is 1. The van der Waals surface area contributed by atoms with Crippen LogP contribution in [0.5, 0.6) is 0 Å². The fraction of sp³-hybridized carbons (Fsp3) is 0.333. The summed E-state index contributed by atoms with van der Waals surface area (Å²) in [6.45, 7) is 1.91. The molecule has 0 radical (unpaired) electrons. The smallest absolute Gasteiger partial charge is 0.172 e. The van der Waals surface area contributed by atoms with Gasteiger partial charge in [-0.2, -0.15) is 0 Å². The summed E-state index contributed by atoms with van der Waals surface area (Å²) in [5.41, 5.74) is 0. The first-order valence-electron chi connectivity index (χ1n) is 3.99. The highest BCUT2D eigenvalue weighted by atomic mass is 32.1. The van der Waals surface area contributed by atoms with Gasteiger partial charge in [-0.15, -0.1) is 11.3 Å². The van der Waals surface area contributed by atoms with Gasteiger partial charge < -0.3 is 9.90 Å². The van der Waals surface area contributed by atoms with Crippen LogP contribution in [0.1, 0.15) is 39.1 Å². The van der Waals surface area contributed by atoms with Crippen LogP contribution < -0.4 is 5.11 Å². The molecule has 4 heteroatoms. The monoisotopic (exact) mass is 197 g/mol. The summed E-state index contributed by atoms with van der Waals surface area (Å²) in [5.74, 6) is -1.22. The van der Waals surface area contributed by atoms with Gasteiger partial charge in [-0.25, -0.2) is 0 Å². The summed E-state index contributed by atoms with van der Waals surface area (Å²) in [5, 5.41) is 10.4. The van der Waals surface area contributed by atoms with E-state index in [1.165, 1.54) is 12.1 Å². The van der Waals surface area contributed by atoms with E-state index in [1.807, 2.05) is 6.92 Å². The normalized spacial score (nSPS) is 9.92. The van der Waals surface area contributed by atoms with E-state index in [2.05, 4.69) is 0 Å². The molecule has 0 spiro atoms. The van der Waals surface area contributed by atoms with E-state index in [0.29, 0.717) is 11.3 Å². The number of carbonyl (C=O) groups is 2. The van der Waals surface area contributed by atoms with E-state index >= 15 is 0 Å². The average Bonchev–Trinajstić information content (AvgIpc) is 2.52. The molecule has 1 rings (SSSR count). The third-order valence-electron chi connectivity index (χ3n) is 1.56. The fourth-order valence-corrected chi connectivity index (χ4v) is 1.76. The Morgan fingerprint density at radius 2 is 2.00 bits per heavy atom. The van der Waals surface area contributed by atoms with Gasteiger partial charge >= 0.3 is 0 Å². The Kier molecular flexibility index (Phi) is 3.19. The first-order valence-corrected chi connectivity index (χ1v) is 4.81. The second-order valence-corrected chi connectivity index (χ2v) is 3.71. The second kappa shape index (κ2) is 4.18. The standard InChI is InChI=1S/C9H10O3S/c1-2-3-6(10)7-4-5-8(13-7)9(11)12/h4-5H,2-3H2,1H3,(H,11,12)/p-1. The lowest BCUT2D eigenvalue weighted by atomic mass is 10.2. The van der Waals surface area contributed by atoms with Crippen LogP contribution in [0.15, 0.2) is 12.1 Å². The Morgan fingerprint density at radius 1 is 1.38 bits per heavy atom. The van der Waals surface area contributed by atoms with E-state index in [9.17, 15) is 14.7 Å². The molecule has 0 aliphatic carbocycles. The van der Waals surface area contributed by atoms with Crippen LogP contribution in [-0.4, -0.2) is 11.8 Å². The first-order chi connectivity index (χ1) is 6.15. The number of rotatable bonds is 4. The summed E-state index contributed by atoms with van der Waals surface area (Å²) in [6, 6.07) is 2.94. The summed E-state index contributed by atoms with van der Waals surface area (Å²) >= 11 is 0.977. The van der Waals surface area contributed by atoms with Crippen LogP contribution in [0.25, 0.3) is 0 Å². The summed E-state index contributed by atoms with van der Waals surface area (Å²) in [4.78, 5) is 22.3. The molecule has 0 unspecified atom stereocenters. The van der Waals surface area contributed by atoms with Gasteiger partial charge in [-0.1, -0.05) is 6.92 Å². The lowest BCUT2D eigenvalue weighted by molar-refractivity contribution is -0.254. The van der Waals surface area contributed by atoms with Crippen molar-refractivity contribution < 1.29 is 14.7 Å². The maximum atomic E-state index is 11.3. The van der Waals surface area contributed by atoms with Crippen molar-refractivity contribution in [2.45, 2.75) is 19.8 Å². The molecule has 70 valence electrons. The van der Waals surface area contributed by atoms with Gasteiger partial charge in [0.25, 0.3) is 0 Å². The van der Waals surface area contributed by atoms with Gasteiger partial charge in [0.05, 0.1) is 15.7 Å². The number of hydrogen-bond donors (Lipinski definition) is 0. The molecule has 3 nitrogen and oxygen atoms in total. The summed E-state index contributed by atoms with van der Waals surface area (Å²) in [7, 11) is 0. The molecule has 0 atom stereocenters. The van der Waals surface area contributed by atoms with Crippen molar-refractivity contribution in [2.24, 2.45) is 0 Å². The maximum absolute atomic E-state index is 11.3.